The number of hydrogen-bond acceptors (Lipinski definition) is 0. The third kappa shape index (κ3) is 4.10. The van der Waals surface area contributed by atoms with Crippen molar-refractivity contribution < 1.29 is 13.2 Å². The fourth-order valence-electron chi connectivity index (χ4n) is 4.88. The Morgan fingerprint density at radius 2 is 0.897 bits per heavy atom. The highest BCUT2D eigenvalue weighted by atomic mass is 19.1. The lowest BCUT2D eigenvalue weighted by Crippen LogP contribution is -2.33. The molecule has 0 saturated heterocycles. The van der Waals surface area contributed by atoms with Crippen molar-refractivity contribution in [3.63, 3.8) is 0 Å². The average Bonchev–Trinajstić information content (AvgIpc) is 2.75. The van der Waals surface area contributed by atoms with Crippen molar-refractivity contribution in [1.82, 2.24) is 0 Å². The van der Waals surface area contributed by atoms with Crippen LogP contribution in [0.1, 0.15) is 55.2 Å². The zero-order chi connectivity index (χ0) is 20.3. The summed E-state index contributed by atoms with van der Waals surface area (Å²) in [5.41, 5.74) is 2.25. The summed E-state index contributed by atoms with van der Waals surface area (Å²) >= 11 is 0. The Balaban J connectivity index is 1.93. The summed E-state index contributed by atoms with van der Waals surface area (Å²) in [5, 5.41) is 0. The van der Waals surface area contributed by atoms with Gasteiger partial charge in [0.15, 0.2) is 0 Å². The Morgan fingerprint density at radius 3 is 1.24 bits per heavy atom. The first-order valence-corrected chi connectivity index (χ1v) is 10.4. The van der Waals surface area contributed by atoms with Gasteiger partial charge in [0.05, 0.1) is 0 Å². The molecule has 3 aromatic carbocycles. The molecule has 0 heterocycles. The van der Waals surface area contributed by atoms with E-state index in [1.807, 2.05) is 36.4 Å². The normalized spacial score (nSPS) is 15.4. The Morgan fingerprint density at radius 1 is 0.552 bits per heavy atom. The summed E-state index contributed by atoms with van der Waals surface area (Å²) in [4.78, 5) is 0. The Kier molecular flexibility index (Phi) is 5.75. The van der Waals surface area contributed by atoms with E-state index in [1.54, 1.807) is 0 Å². The summed E-state index contributed by atoms with van der Waals surface area (Å²) in [6.45, 7) is 0. The monoisotopic (exact) mass is 394 g/mol. The molecule has 0 unspecified atom stereocenters. The predicted molar refractivity (Wildman–Crippen MR) is 110 cm³/mol. The van der Waals surface area contributed by atoms with E-state index in [0.717, 1.165) is 36.0 Å². The molecule has 4 rings (SSSR count). The topological polar surface area (TPSA) is 0 Å². The van der Waals surface area contributed by atoms with Crippen LogP contribution >= 0.6 is 0 Å². The average molecular weight is 394 g/mol. The van der Waals surface area contributed by atoms with Crippen LogP contribution in [0.25, 0.3) is 0 Å². The Hall–Kier alpha value is -2.55. The Labute approximate surface area is 170 Å². The van der Waals surface area contributed by atoms with Crippen LogP contribution in [0, 0.1) is 23.4 Å². The van der Waals surface area contributed by atoms with Crippen molar-refractivity contribution in [3.8, 4) is 0 Å². The molecule has 1 aliphatic carbocycles. The minimum atomic E-state index is -0.586. The lowest BCUT2D eigenvalue weighted by Gasteiger charge is -2.40. The summed E-state index contributed by atoms with van der Waals surface area (Å²) in [5.74, 6) is -0.375. The van der Waals surface area contributed by atoms with Gasteiger partial charge in [0.1, 0.15) is 17.5 Å². The van der Waals surface area contributed by atoms with Gasteiger partial charge < -0.3 is 0 Å². The molecule has 0 N–H and O–H groups in total. The second-order valence-electron chi connectivity index (χ2n) is 8.13. The first-order chi connectivity index (χ1) is 14.1. The van der Waals surface area contributed by atoms with Crippen LogP contribution in [0.5, 0.6) is 0 Å². The second kappa shape index (κ2) is 8.44. The summed E-state index contributed by atoms with van der Waals surface area (Å²) in [7, 11) is 0. The molecule has 0 amide bonds. The number of hydrogen-bond donors (Lipinski definition) is 0. The number of rotatable bonds is 5. The minimum absolute atomic E-state index is 0.293. The predicted octanol–water partition coefficient (Wildman–Crippen LogP) is 7.41. The van der Waals surface area contributed by atoms with Crippen molar-refractivity contribution in [2.24, 2.45) is 5.92 Å². The number of halogens is 3. The van der Waals surface area contributed by atoms with Crippen molar-refractivity contribution in [2.45, 2.75) is 43.9 Å². The Bertz CT molecular complexity index is 810. The van der Waals surface area contributed by atoms with Gasteiger partial charge >= 0.3 is 0 Å². The molecular weight excluding hydrogens is 369 g/mol. The zero-order valence-corrected chi connectivity index (χ0v) is 16.4. The first-order valence-electron chi connectivity index (χ1n) is 10.4. The van der Waals surface area contributed by atoms with Crippen LogP contribution in [0.4, 0.5) is 13.2 Å². The fraction of sp³-hybridized carbons (Fsp3) is 0.308. The maximum atomic E-state index is 13.7. The van der Waals surface area contributed by atoms with Gasteiger partial charge in [0.25, 0.3) is 0 Å². The SMILES string of the molecule is Fc1ccc(C(CC2CCCCC2)(c2ccc(F)cc2)c2ccc(F)cc2)cc1. The fourth-order valence-corrected chi connectivity index (χ4v) is 4.88. The summed E-state index contributed by atoms with van der Waals surface area (Å²) < 4.78 is 41.2. The van der Waals surface area contributed by atoms with Gasteiger partial charge in [-0.05, 0) is 65.4 Å². The van der Waals surface area contributed by atoms with Crippen LogP contribution < -0.4 is 0 Å². The third-order valence-corrected chi connectivity index (χ3v) is 6.33. The molecule has 150 valence electrons. The van der Waals surface area contributed by atoms with E-state index in [4.69, 9.17) is 0 Å². The zero-order valence-electron chi connectivity index (χ0n) is 16.4. The molecule has 3 heteroatoms. The van der Waals surface area contributed by atoms with Gasteiger partial charge in [-0.15, -0.1) is 0 Å². The molecule has 3 aromatic rings. The van der Waals surface area contributed by atoms with Crippen LogP contribution in [0.3, 0.4) is 0 Å². The van der Waals surface area contributed by atoms with Crippen LogP contribution in [-0.4, -0.2) is 0 Å². The molecule has 1 saturated carbocycles. The third-order valence-electron chi connectivity index (χ3n) is 6.33. The standard InChI is InChI=1S/C26H25F3/c27-23-12-6-20(7-13-23)26(18-19-4-2-1-3-5-19,21-8-14-24(28)15-9-21)22-10-16-25(29)17-11-22/h6-17,19H,1-5,18H2. The van der Waals surface area contributed by atoms with Crippen molar-refractivity contribution >= 4 is 0 Å². The van der Waals surface area contributed by atoms with E-state index >= 15 is 0 Å². The summed E-state index contributed by atoms with van der Waals surface area (Å²) in [6, 6.07) is 19.7. The highest BCUT2D eigenvalue weighted by Gasteiger charge is 2.39. The smallest absolute Gasteiger partial charge is 0.123 e. The molecule has 1 fully saturated rings. The van der Waals surface area contributed by atoms with Crippen LogP contribution in [0.15, 0.2) is 72.8 Å². The molecule has 0 atom stereocenters. The van der Waals surface area contributed by atoms with E-state index in [9.17, 15) is 13.2 Å². The molecule has 0 bridgehead atoms. The molecule has 29 heavy (non-hydrogen) atoms. The van der Waals surface area contributed by atoms with E-state index in [0.29, 0.717) is 5.92 Å². The van der Waals surface area contributed by atoms with Crippen molar-refractivity contribution in [2.75, 3.05) is 0 Å². The minimum Gasteiger partial charge on any atom is -0.207 e. The van der Waals surface area contributed by atoms with Crippen molar-refractivity contribution in [3.05, 3.63) is 107 Å². The maximum absolute atomic E-state index is 13.7. The van der Waals surface area contributed by atoms with E-state index in [1.165, 1.54) is 55.7 Å². The molecule has 1 aliphatic rings. The van der Waals surface area contributed by atoms with Gasteiger partial charge in [-0.2, -0.15) is 0 Å². The number of benzene rings is 3. The molecule has 0 radical (unpaired) electrons. The van der Waals surface area contributed by atoms with Gasteiger partial charge in [-0.3, -0.25) is 0 Å². The largest absolute Gasteiger partial charge is 0.207 e. The lowest BCUT2D eigenvalue weighted by molar-refractivity contribution is 0.300. The molecule has 0 aliphatic heterocycles. The quantitative estimate of drug-likeness (QED) is 0.395. The van der Waals surface area contributed by atoms with Gasteiger partial charge in [0.2, 0.25) is 0 Å². The summed E-state index contributed by atoms with van der Waals surface area (Å²) in [6.07, 6.45) is 6.79. The first kappa shape index (κ1) is 19.8. The highest BCUT2D eigenvalue weighted by molar-refractivity contribution is 5.50. The van der Waals surface area contributed by atoms with Gasteiger partial charge in [-0.25, -0.2) is 13.2 Å². The van der Waals surface area contributed by atoms with Crippen LogP contribution in [0.2, 0.25) is 0 Å². The molecule has 0 nitrogen and oxygen atoms in total. The molecule has 0 spiro atoms. The van der Waals surface area contributed by atoms with Gasteiger partial charge in [0, 0.05) is 5.41 Å². The van der Waals surface area contributed by atoms with E-state index in [-0.39, 0.29) is 17.5 Å². The molecular formula is C26H25F3. The lowest BCUT2D eigenvalue weighted by atomic mass is 9.63. The van der Waals surface area contributed by atoms with E-state index < -0.39 is 5.41 Å². The van der Waals surface area contributed by atoms with Gasteiger partial charge in [-0.1, -0.05) is 68.5 Å². The maximum Gasteiger partial charge on any atom is 0.123 e. The second-order valence-corrected chi connectivity index (χ2v) is 8.13. The van der Waals surface area contributed by atoms with Crippen molar-refractivity contribution in [1.29, 1.82) is 0 Å². The molecule has 0 aromatic heterocycles. The van der Waals surface area contributed by atoms with Crippen LogP contribution in [-0.2, 0) is 5.41 Å². The highest BCUT2D eigenvalue weighted by Crippen LogP contribution is 2.46. The van der Waals surface area contributed by atoms with E-state index in [2.05, 4.69) is 0 Å².